The Labute approximate surface area is 213 Å². The van der Waals surface area contributed by atoms with Crippen molar-refractivity contribution in [1.82, 2.24) is 10.2 Å². The highest BCUT2D eigenvalue weighted by atomic mass is 16.4. The van der Waals surface area contributed by atoms with Gasteiger partial charge in [0, 0.05) is 46.5 Å². The van der Waals surface area contributed by atoms with Crippen molar-refractivity contribution in [2.24, 2.45) is 5.92 Å². The third kappa shape index (κ3) is 4.60. The Hall–Kier alpha value is -2.60. The van der Waals surface area contributed by atoms with E-state index < -0.39 is 0 Å². The summed E-state index contributed by atoms with van der Waals surface area (Å²) in [6.45, 7) is 13.5. The minimum Gasteiger partial charge on any atom is -0.464 e. The first-order valence-electron chi connectivity index (χ1n) is 13.6. The zero-order valence-electron chi connectivity index (χ0n) is 22.5. The van der Waals surface area contributed by atoms with E-state index >= 15 is 0 Å². The Bertz CT molecular complexity index is 1340. The van der Waals surface area contributed by atoms with Crippen LogP contribution in [0.2, 0.25) is 0 Å². The van der Waals surface area contributed by atoms with Gasteiger partial charge in [-0.1, -0.05) is 27.2 Å². The van der Waals surface area contributed by atoms with Gasteiger partial charge in [0.25, 0.3) is 0 Å². The molecule has 0 spiro atoms. The van der Waals surface area contributed by atoms with Crippen LogP contribution in [0.15, 0.2) is 26.0 Å². The molecule has 3 aromatic rings. The fourth-order valence-electron chi connectivity index (χ4n) is 6.45. The second-order valence-corrected chi connectivity index (χ2v) is 12.0. The van der Waals surface area contributed by atoms with Crippen molar-refractivity contribution in [3.8, 4) is 0 Å². The molecule has 1 aromatic carbocycles. The molecule has 2 aliphatic rings. The van der Waals surface area contributed by atoms with Crippen LogP contribution in [0.4, 0.5) is 0 Å². The number of rotatable bonds is 5. The van der Waals surface area contributed by atoms with Crippen molar-refractivity contribution in [3.05, 3.63) is 45.0 Å². The second-order valence-electron chi connectivity index (χ2n) is 12.0. The molecule has 194 valence electrons. The van der Waals surface area contributed by atoms with E-state index in [2.05, 4.69) is 37.1 Å². The highest BCUT2D eigenvalue weighted by Gasteiger charge is 2.33. The van der Waals surface area contributed by atoms with E-state index in [0.717, 1.165) is 39.6 Å². The molecular formula is C30H40N2O4. The molecule has 2 saturated heterocycles. The van der Waals surface area contributed by atoms with Crippen LogP contribution in [-0.2, 0) is 16.6 Å². The smallest absolute Gasteiger partial charge is 0.339 e. The van der Waals surface area contributed by atoms with Gasteiger partial charge in [0.1, 0.15) is 11.2 Å². The van der Waals surface area contributed by atoms with Gasteiger partial charge < -0.3 is 19.1 Å². The predicted octanol–water partition coefficient (Wildman–Crippen LogP) is 5.77. The van der Waals surface area contributed by atoms with Crippen LogP contribution in [-0.4, -0.2) is 36.5 Å². The quantitative estimate of drug-likeness (QED) is 0.458. The first-order chi connectivity index (χ1) is 17.1. The summed E-state index contributed by atoms with van der Waals surface area (Å²) in [4.78, 5) is 28.4. The average molecular weight is 493 g/mol. The summed E-state index contributed by atoms with van der Waals surface area (Å²) in [5.74, 6) is 0.547. The van der Waals surface area contributed by atoms with Gasteiger partial charge in [-0.25, -0.2) is 4.79 Å². The topological polar surface area (TPSA) is 75.7 Å². The van der Waals surface area contributed by atoms with Crippen molar-refractivity contribution < 1.29 is 13.6 Å². The molecule has 0 radical (unpaired) electrons. The van der Waals surface area contributed by atoms with E-state index in [9.17, 15) is 9.59 Å². The van der Waals surface area contributed by atoms with Crippen molar-refractivity contribution >= 4 is 27.8 Å². The van der Waals surface area contributed by atoms with Gasteiger partial charge in [-0.3, -0.25) is 4.79 Å². The van der Waals surface area contributed by atoms with Gasteiger partial charge in [-0.2, -0.15) is 0 Å². The summed E-state index contributed by atoms with van der Waals surface area (Å²) < 4.78 is 11.7. The van der Waals surface area contributed by atoms with E-state index in [4.69, 9.17) is 8.83 Å². The Morgan fingerprint density at radius 2 is 1.83 bits per heavy atom. The second kappa shape index (κ2) is 9.70. The van der Waals surface area contributed by atoms with Crippen LogP contribution in [0.25, 0.3) is 21.9 Å². The van der Waals surface area contributed by atoms with Crippen molar-refractivity contribution in [2.75, 3.05) is 19.6 Å². The van der Waals surface area contributed by atoms with E-state index in [0.29, 0.717) is 35.9 Å². The summed E-state index contributed by atoms with van der Waals surface area (Å²) in [5.41, 5.74) is 4.37. The Kier molecular flexibility index (Phi) is 6.75. The molecule has 0 bridgehead atoms. The molecule has 2 aromatic heterocycles. The van der Waals surface area contributed by atoms with Gasteiger partial charge in [0.05, 0.1) is 6.26 Å². The van der Waals surface area contributed by atoms with Crippen LogP contribution >= 0.6 is 0 Å². The number of carbonyl (C=O) groups is 1. The first kappa shape index (κ1) is 25.1. The van der Waals surface area contributed by atoms with Crippen molar-refractivity contribution in [1.29, 1.82) is 0 Å². The molecule has 1 amide bonds. The summed E-state index contributed by atoms with van der Waals surface area (Å²) in [5, 5.41) is 5.15. The number of amides is 1. The van der Waals surface area contributed by atoms with Crippen LogP contribution < -0.4 is 10.9 Å². The fraction of sp³-hybridized carbons (Fsp3) is 0.600. The van der Waals surface area contributed by atoms with Gasteiger partial charge >= 0.3 is 5.63 Å². The first-order valence-corrected chi connectivity index (χ1v) is 13.6. The number of carbonyl (C=O) groups excluding carboxylic acids is 1. The molecule has 6 nitrogen and oxygen atoms in total. The van der Waals surface area contributed by atoms with Gasteiger partial charge in [-0.05, 0) is 82.0 Å². The molecule has 4 heterocycles. The lowest BCUT2D eigenvalue weighted by atomic mass is 9.83. The third-order valence-corrected chi connectivity index (χ3v) is 8.54. The molecular weight excluding hydrogens is 452 g/mol. The standard InChI is InChI=1S/C30H40N2O4/c1-18-21(11-12-26(33)31-16-20-9-8-14-32-13-7-6-10-25(20)32)29(34)36-28-19(2)27-23(15-22(18)28)24(17-35-27)30(3,4)5/h15,17,20,25H,6-14,16H2,1-5H3,(H,31,33)/t20-,25+/m0/s1. The normalized spacial score (nSPS) is 21.1. The average Bonchev–Trinajstić information content (AvgIpc) is 3.28. The zero-order chi connectivity index (χ0) is 25.6. The molecule has 0 aliphatic carbocycles. The van der Waals surface area contributed by atoms with Gasteiger partial charge in [-0.15, -0.1) is 0 Å². The third-order valence-electron chi connectivity index (χ3n) is 8.54. The number of benzene rings is 1. The number of hydrogen-bond donors (Lipinski definition) is 1. The number of nitrogens with one attached hydrogen (secondary N) is 1. The maximum Gasteiger partial charge on any atom is 0.339 e. The summed E-state index contributed by atoms with van der Waals surface area (Å²) in [6.07, 6.45) is 8.73. The fourth-order valence-corrected chi connectivity index (χ4v) is 6.45. The summed E-state index contributed by atoms with van der Waals surface area (Å²) in [6, 6.07) is 2.70. The van der Waals surface area contributed by atoms with E-state index in [1.54, 1.807) is 0 Å². The number of piperidine rings is 2. The predicted molar refractivity (Wildman–Crippen MR) is 144 cm³/mol. The Morgan fingerprint density at radius 3 is 2.61 bits per heavy atom. The molecule has 5 rings (SSSR count). The lowest BCUT2D eigenvalue weighted by Gasteiger charge is -2.44. The lowest BCUT2D eigenvalue weighted by Crippen LogP contribution is -2.51. The van der Waals surface area contributed by atoms with E-state index in [1.807, 2.05) is 20.1 Å². The number of hydrogen-bond acceptors (Lipinski definition) is 5. The van der Waals surface area contributed by atoms with Crippen LogP contribution in [0, 0.1) is 19.8 Å². The number of nitrogens with zero attached hydrogens (tertiary/aromatic N) is 1. The molecule has 2 aliphatic heterocycles. The SMILES string of the molecule is Cc1c(CCC(=O)NC[C@@H]2CCCN3CCCC[C@H]23)c(=O)oc2c(C)c3occ(C(C)(C)C)c3cc12. The number of furan rings is 1. The van der Waals surface area contributed by atoms with Gasteiger partial charge in [0.2, 0.25) is 5.91 Å². The molecule has 36 heavy (non-hydrogen) atoms. The van der Waals surface area contributed by atoms with Crippen molar-refractivity contribution in [3.63, 3.8) is 0 Å². The molecule has 0 saturated carbocycles. The van der Waals surface area contributed by atoms with Crippen LogP contribution in [0.5, 0.6) is 0 Å². The summed E-state index contributed by atoms with van der Waals surface area (Å²) >= 11 is 0. The molecule has 1 N–H and O–H groups in total. The monoisotopic (exact) mass is 492 g/mol. The van der Waals surface area contributed by atoms with Crippen LogP contribution in [0.3, 0.4) is 0 Å². The largest absolute Gasteiger partial charge is 0.464 e. The van der Waals surface area contributed by atoms with E-state index in [1.165, 1.54) is 45.2 Å². The van der Waals surface area contributed by atoms with Gasteiger partial charge in [0.15, 0.2) is 0 Å². The lowest BCUT2D eigenvalue weighted by molar-refractivity contribution is -0.121. The molecule has 0 unspecified atom stereocenters. The van der Waals surface area contributed by atoms with E-state index in [-0.39, 0.29) is 16.9 Å². The number of fused-ring (bicyclic) bond motifs is 3. The Balaban J connectivity index is 1.33. The highest BCUT2D eigenvalue weighted by Crippen LogP contribution is 2.37. The maximum atomic E-state index is 12.9. The molecule has 2 atom stereocenters. The van der Waals surface area contributed by atoms with Crippen molar-refractivity contribution in [2.45, 2.75) is 91.0 Å². The highest BCUT2D eigenvalue weighted by molar-refractivity contribution is 6.00. The zero-order valence-corrected chi connectivity index (χ0v) is 22.5. The number of aryl methyl sites for hydroxylation is 2. The summed E-state index contributed by atoms with van der Waals surface area (Å²) in [7, 11) is 0. The molecule has 2 fully saturated rings. The Morgan fingerprint density at radius 1 is 1.06 bits per heavy atom. The maximum absolute atomic E-state index is 12.9. The molecule has 6 heteroatoms. The van der Waals surface area contributed by atoms with Crippen LogP contribution in [0.1, 0.15) is 81.5 Å². The minimum absolute atomic E-state index is 0.0123. The minimum atomic E-state index is -0.358.